The lowest BCUT2D eigenvalue weighted by Gasteiger charge is -2.08. The molecule has 3 N–H and O–H groups in total. The molecular weight excluding hydrogens is 351 g/mol. The number of nitrogens with two attached hydrogens (primary N) is 1. The normalized spacial score (nSPS) is 10.4. The zero-order chi connectivity index (χ0) is 14.9. The summed E-state index contributed by atoms with van der Waals surface area (Å²) < 4.78 is 13.5. The lowest BCUT2D eigenvalue weighted by Crippen LogP contribution is -2.16. The minimum Gasteiger partial charge on any atom is -0.396 e. The van der Waals surface area contributed by atoms with Gasteiger partial charge in [-0.3, -0.25) is 10.1 Å². The zero-order valence-corrected chi connectivity index (χ0v) is 12.6. The first-order chi connectivity index (χ1) is 9.36. The van der Waals surface area contributed by atoms with Crippen LogP contribution in [-0.4, -0.2) is 15.9 Å². The summed E-state index contributed by atoms with van der Waals surface area (Å²) in [5.74, 6) is -1.07. The Balaban J connectivity index is 2.30. The van der Waals surface area contributed by atoms with Gasteiger partial charge in [-0.05, 0) is 41.1 Å². The summed E-state index contributed by atoms with van der Waals surface area (Å²) in [6.45, 7) is 1.72. The highest BCUT2D eigenvalue weighted by molar-refractivity contribution is 9.10. The molecule has 2 aromatic rings. The number of rotatable bonds is 2. The van der Waals surface area contributed by atoms with Crippen LogP contribution in [0.3, 0.4) is 0 Å². The SMILES string of the molecule is Cc1cc(Cl)nc(NC(=O)c2cc(N)c(F)cc2Br)n1. The number of benzene rings is 1. The largest absolute Gasteiger partial charge is 0.396 e. The van der Waals surface area contributed by atoms with Crippen molar-refractivity contribution in [1.82, 2.24) is 9.97 Å². The highest BCUT2D eigenvalue weighted by atomic mass is 79.9. The Morgan fingerprint density at radius 1 is 1.40 bits per heavy atom. The number of hydrogen-bond acceptors (Lipinski definition) is 4. The van der Waals surface area contributed by atoms with Gasteiger partial charge in [0.1, 0.15) is 11.0 Å². The second-order valence-electron chi connectivity index (χ2n) is 3.96. The van der Waals surface area contributed by atoms with Gasteiger partial charge in [-0.1, -0.05) is 11.6 Å². The highest BCUT2D eigenvalue weighted by Gasteiger charge is 2.15. The molecule has 1 aromatic heterocycles. The maximum absolute atomic E-state index is 13.2. The second-order valence-corrected chi connectivity index (χ2v) is 5.20. The summed E-state index contributed by atoms with van der Waals surface area (Å²) >= 11 is 8.88. The van der Waals surface area contributed by atoms with E-state index in [0.717, 1.165) is 6.07 Å². The molecule has 8 heteroatoms. The van der Waals surface area contributed by atoms with Crippen LogP contribution in [0.25, 0.3) is 0 Å². The third-order valence-electron chi connectivity index (χ3n) is 2.38. The molecule has 0 radical (unpaired) electrons. The Bertz CT molecular complexity index is 675. The second kappa shape index (κ2) is 5.72. The van der Waals surface area contributed by atoms with Crippen molar-refractivity contribution < 1.29 is 9.18 Å². The predicted octanol–water partition coefficient (Wildman–Crippen LogP) is 3.17. The molecule has 0 saturated heterocycles. The minimum atomic E-state index is -0.608. The minimum absolute atomic E-state index is 0.0646. The number of carbonyl (C=O) groups is 1. The van der Waals surface area contributed by atoms with Crippen LogP contribution in [0.5, 0.6) is 0 Å². The lowest BCUT2D eigenvalue weighted by molar-refractivity contribution is 0.102. The van der Waals surface area contributed by atoms with E-state index in [0.29, 0.717) is 5.69 Å². The van der Waals surface area contributed by atoms with Crippen molar-refractivity contribution in [3.8, 4) is 0 Å². The van der Waals surface area contributed by atoms with Crippen LogP contribution in [0, 0.1) is 12.7 Å². The average Bonchev–Trinajstić information content (AvgIpc) is 2.32. The van der Waals surface area contributed by atoms with Crippen molar-refractivity contribution in [3.05, 3.63) is 44.9 Å². The summed E-state index contributed by atoms with van der Waals surface area (Å²) in [5.41, 5.74) is 6.10. The fraction of sp³-hybridized carbons (Fsp3) is 0.0833. The molecule has 1 aromatic carbocycles. The van der Waals surface area contributed by atoms with E-state index in [1.807, 2.05) is 0 Å². The average molecular weight is 360 g/mol. The third kappa shape index (κ3) is 3.23. The van der Waals surface area contributed by atoms with Gasteiger partial charge in [0.05, 0.1) is 11.3 Å². The summed E-state index contributed by atoms with van der Waals surface area (Å²) in [5, 5.41) is 2.69. The first kappa shape index (κ1) is 14.7. The number of halogens is 3. The van der Waals surface area contributed by atoms with Crippen LogP contribution in [0.1, 0.15) is 16.1 Å². The van der Waals surface area contributed by atoms with Gasteiger partial charge in [0, 0.05) is 10.2 Å². The Morgan fingerprint density at radius 3 is 2.75 bits per heavy atom. The third-order valence-corrected chi connectivity index (χ3v) is 3.23. The number of amides is 1. The van der Waals surface area contributed by atoms with Crippen LogP contribution in [-0.2, 0) is 0 Å². The summed E-state index contributed by atoms with van der Waals surface area (Å²) in [4.78, 5) is 20.0. The van der Waals surface area contributed by atoms with Crippen LogP contribution in [0.15, 0.2) is 22.7 Å². The van der Waals surface area contributed by atoms with E-state index in [1.165, 1.54) is 6.07 Å². The maximum atomic E-state index is 13.2. The topological polar surface area (TPSA) is 80.9 Å². The first-order valence-corrected chi connectivity index (χ1v) is 6.61. The van der Waals surface area contributed by atoms with E-state index in [2.05, 4.69) is 31.2 Å². The van der Waals surface area contributed by atoms with Crippen LogP contribution in [0.4, 0.5) is 16.0 Å². The fourth-order valence-corrected chi connectivity index (χ4v) is 2.23. The van der Waals surface area contributed by atoms with Gasteiger partial charge in [-0.25, -0.2) is 14.4 Å². The van der Waals surface area contributed by atoms with Gasteiger partial charge < -0.3 is 5.73 Å². The molecule has 0 atom stereocenters. The molecule has 0 saturated carbocycles. The lowest BCUT2D eigenvalue weighted by atomic mass is 10.2. The number of carbonyl (C=O) groups excluding carboxylic acids is 1. The number of nitrogens with one attached hydrogen (secondary N) is 1. The van der Waals surface area contributed by atoms with Crippen LogP contribution >= 0.6 is 27.5 Å². The number of nitrogens with zero attached hydrogens (tertiary/aromatic N) is 2. The van der Waals surface area contributed by atoms with Crippen molar-refractivity contribution in [2.45, 2.75) is 6.92 Å². The molecule has 1 amide bonds. The van der Waals surface area contributed by atoms with Gasteiger partial charge in [0.15, 0.2) is 0 Å². The summed E-state index contributed by atoms with van der Waals surface area (Å²) in [7, 11) is 0. The highest BCUT2D eigenvalue weighted by Crippen LogP contribution is 2.23. The number of anilines is 2. The molecule has 0 aliphatic carbocycles. The van der Waals surface area contributed by atoms with E-state index >= 15 is 0 Å². The van der Waals surface area contributed by atoms with Gasteiger partial charge >= 0.3 is 0 Å². The molecule has 0 fully saturated rings. The van der Waals surface area contributed by atoms with Gasteiger partial charge in [0.2, 0.25) is 5.95 Å². The Labute approximate surface area is 127 Å². The molecule has 0 aliphatic rings. The number of aryl methyl sites for hydroxylation is 1. The fourth-order valence-electron chi connectivity index (χ4n) is 1.49. The molecular formula is C12H9BrClFN4O. The summed E-state index contributed by atoms with van der Waals surface area (Å²) in [6, 6.07) is 3.91. The number of hydrogen-bond donors (Lipinski definition) is 2. The van der Waals surface area contributed by atoms with E-state index in [-0.39, 0.29) is 26.8 Å². The maximum Gasteiger partial charge on any atom is 0.259 e. The van der Waals surface area contributed by atoms with E-state index < -0.39 is 11.7 Å². The zero-order valence-electron chi connectivity index (χ0n) is 10.2. The Morgan fingerprint density at radius 2 is 2.10 bits per heavy atom. The van der Waals surface area contributed by atoms with Crippen molar-refractivity contribution in [2.24, 2.45) is 0 Å². The van der Waals surface area contributed by atoms with E-state index in [4.69, 9.17) is 17.3 Å². The van der Waals surface area contributed by atoms with Gasteiger partial charge in [-0.2, -0.15) is 0 Å². The number of aromatic nitrogens is 2. The van der Waals surface area contributed by atoms with Gasteiger partial charge in [0.25, 0.3) is 5.91 Å². The van der Waals surface area contributed by atoms with E-state index in [9.17, 15) is 9.18 Å². The van der Waals surface area contributed by atoms with Crippen LogP contribution in [0.2, 0.25) is 5.15 Å². The molecule has 0 unspecified atom stereocenters. The molecule has 2 rings (SSSR count). The number of nitrogen functional groups attached to an aromatic ring is 1. The Hall–Kier alpha value is -1.73. The van der Waals surface area contributed by atoms with Crippen molar-refractivity contribution in [3.63, 3.8) is 0 Å². The smallest absolute Gasteiger partial charge is 0.259 e. The van der Waals surface area contributed by atoms with Crippen molar-refractivity contribution in [1.29, 1.82) is 0 Å². The molecule has 0 spiro atoms. The molecule has 0 aliphatic heterocycles. The van der Waals surface area contributed by atoms with Gasteiger partial charge in [-0.15, -0.1) is 0 Å². The predicted molar refractivity (Wildman–Crippen MR) is 78.2 cm³/mol. The van der Waals surface area contributed by atoms with Crippen LogP contribution < -0.4 is 11.1 Å². The van der Waals surface area contributed by atoms with E-state index in [1.54, 1.807) is 13.0 Å². The first-order valence-electron chi connectivity index (χ1n) is 5.44. The molecule has 5 nitrogen and oxygen atoms in total. The quantitative estimate of drug-likeness (QED) is 0.637. The monoisotopic (exact) mass is 358 g/mol. The Kier molecular flexibility index (Phi) is 4.20. The summed E-state index contributed by atoms with van der Waals surface area (Å²) in [6.07, 6.45) is 0. The van der Waals surface area contributed by atoms with Crippen molar-refractivity contribution in [2.75, 3.05) is 11.1 Å². The molecule has 104 valence electrons. The van der Waals surface area contributed by atoms with Crippen molar-refractivity contribution >= 4 is 45.1 Å². The molecule has 20 heavy (non-hydrogen) atoms. The standard InChI is InChI=1S/C12H9BrClFN4O/c1-5-2-10(14)18-12(17-5)19-11(20)6-3-9(16)8(15)4-7(6)13/h2-4H,16H2,1H3,(H,17,18,19,20). The molecule has 1 heterocycles. The molecule has 0 bridgehead atoms.